The van der Waals surface area contributed by atoms with E-state index in [4.69, 9.17) is 9.47 Å². The number of hydrogen-bond donors (Lipinski definition) is 0. The van der Waals surface area contributed by atoms with Gasteiger partial charge in [-0.05, 0) is 5.92 Å². The zero-order valence-electron chi connectivity index (χ0n) is 7.66. The molecule has 1 aliphatic rings. The van der Waals surface area contributed by atoms with E-state index in [1.54, 1.807) is 0 Å². The van der Waals surface area contributed by atoms with Crippen molar-refractivity contribution >= 4 is 6.29 Å². The summed E-state index contributed by atoms with van der Waals surface area (Å²) in [5.74, 6) is 0.642. The quantitative estimate of drug-likeness (QED) is 0.598. The predicted octanol–water partition coefficient (Wildman–Crippen LogP) is 1.22. The molecular formula is C9H16O3. The number of ether oxygens (including phenoxy) is 2. The molecule has 0 aromatic carbocycles. The van der Waals surface area contributed by atoms with Crippen LogP contribution < -0.4 is 0 Å². The first-order chi connectivity index (χ1) is 5.75. The molecule has 1 aliphatic heterocycles. The summed E-state index contributed by atoms with van der Waals surface area (Å²) in [6.07, 6.45) is 1.31. The molecule has 3 nitrogen and oxygen atoms in total. The van der Waals surface area contributed by atoms with Gasteiger partial charge in [0, 0.05) is 12.3 Å². The average molecular weight is 172 g/mol. The summed E-state index contributed by atoms with van der Waals surface area (Å²) in [4.78, 5) is 10.4. The van der Waals surface area contributed by atoms with Gasteiger partial charge in [0.25, 0.3) is 0 Å². The molecule has 0 bridgehead atoms. The standard InChI is InChI=1S/C9H16O3/c1-7(2)8(3-4-10)9-11-5-6-12-9/h4,7-9H,3,5-6H2,1-2H3. The van der Waals surface area contributed by atoms with Crippen LogP contribution in [0.15, 0.2) is 0 Å². The molecule has 0 aliphatic carbocycles. The number of carbonyl (C=O) groups is 1. The van der Waals surface area contributed by atoms with Gasteiger partial charge in [0.05, 0.1) is 13.2 Å². The molecule has 1 heterocycles. The summed E-state index contributed by atoms with van der Waals surface area (Å²) in [7, 11) is 0. The molecular weight excluding hydrogens is 156 g/mol. The lowest BCUT2D eigenvalue weighted by atomic mass is 9.92. The zero-order chi connectivity index (χ0) is 8.97. The first-order valence-corrected chi connectivity index (χ1v) is 4.42. The van der Waals surface area contributed by atoms with Gasteiger partial charge < -0.3 is 14.3 Å². The van der Waals surface area contributed by atoms with E-state index in [9.17, 15) is 4.79 Å². The number of rotatable bonds is 4. The molecule has 1 rings (SSSR count). The predicted molar refractivity (Wildman–Crippen MR) is 44.7 cm³/mol. The van der Waals surface area contributed by atoms with E-state index in [-0.39, 0.29) is 12.2 Å². The number of aldehydes is 1. The highest BCUT2D eigenvalue weighted by atomic mass is 16.7. The lowest BCUT2D eigenvalue weighted by Crippen LogP contribution is -2.26. The minimum Gasteiger partial charge on any atom is -0.350 e. The lowest BCUT2D eigenvalue weighted by molar-refractivity contribution is -0.120. The molecule has 0 spiro atoms. The second-order valence-electron chi connectivity index (χ2n) is 3.42. The fourth-order valence-corrected chi connectivity index (χ4v) is 1.43. The molecule has 0 radical (unpaired) electrons. The van der Waals surface area contributed by atoms with E-state index >= 15 is 0 Å². The van der Waals surface area contributed by atoms with Crippen LogP contribution in [-0.2, 0) is 14.3 Å². The third-order valence-electron chi connectivity index (χ3n) is 2.22. The molecule has 0 N–H and O–H groups in total. The topological polar surface area (TPSA) is 35.5 Å². The van der Waals surface area contributed by atoms with E-state index in [1.165, 1.54) is 0 Å². The van der Waals surface area contributed by atoms with E-state index < -0.39 is 0 Å². The van der Waals surface area contributed by atoms with Crippen LogP contribution in [0, 0.1) is 11.8 Å². The van der Waals surface area contributed by atoms with Gasteiger partial charge in [0.1, 0.15) is 6.29 Å². The number of carbonyl (C=O) groups excluding carboxylic acids is 1. The van der Waals surface area contributed by atoms with Gasteiger partial charge >= 0.3 is 0 Å². The van der Waals surface area contributed by atoms with Crippen molar-refractivity contribution in [2.45, 2.75) is 26.6 Å². The Bertz CT molecular complexity index is 139. The first-order valence-electron chi connectivity index (χ1n) is 4.42. The van der Waals surface area contributed by atoms with Crippen LogP contribution in [-0.4, -0.2) is 25.8 Å². The van der Waals surface area contributed by atoms with E-state index in [0.717, 1.165) is 6.29 Å². The molecule has 0 aromatic heterocycles. The molecule has 70 valence electrons. The van der Waals surface area contributed by atoms with Gasteiger partial charge in [-0.25, -0.2) is 0 Å². The lowest BCUT2D eigenvalue weighted by Gasteiger charge is -2.23. The van der Waals surface area contributed by atoms with E-state index in [0.29, 0.717) is 25.6 Å². The molecule has 0 aromatic rings. The van der Waals surface area contributed by atoms with Crippen molar-refractivity contribution in [3.63, 3.8) is 0 Å². The molecule has 1 saturated heterocycles. The summed E-state index contributed by atoms with van der Waals surface area (Å²) in [6.45, 7) is 5.48. The summed E-state index contributed by atoms with van der Waals surface area (Å²) < 4.78 is 10.7. The third-order valence-corrected chi connectivity index (χ3v) is 2.22. The third kappa shape index (κ3) is 2.29. The first kappa shape index (κ1) is 9.68. The molecule has 0 saturated carbocycles. The minimum atomic E-state index is -0.157. The van der Waals surface area contributed by atoms with Crippen molar-refractivity contribution in [2.24, 2.45) is 11.8 Å². The van der Waals surface area contributed by atoms with E-state index in [2.05, 4.69) is 13.8 Å². The van der Waals surface area contributed by atoms with Gasteiger partial charge in [-0.1, -0.05) is 13.8 Å². The smallest absolute Gasteiger partial charge is 0.161 e. The van der Waals surface area contributed by atoms with Crippen molar-refractivity contribution in [2.75, 3.05) is 13.2 Å². The van der Waals surface area contributed by atoms with Crippen molar-refractivity contribution in [3.05, 3.63) is 0 Å². The average Bonchev–Trinajstić information content (AvgIpc) is 2.51. The van der Waals surface area contributed by atoms with Gasteiger partial charge in [0.2, 0.25) is 0 Å². The molecule has 3 heteroatoms. The summed E-state index contributed by atoms with van der Waals surface area (Å²) >= 11 is 0. The van der Waals surface area contributed by atoms with Crippen LogP contribution >= 0.6 is 0 Å². The van der Waals surface area contributed by atoms with Crippen molar-refractivity contribution in [1.82, 2.24) is 0 Å². The fourth-order valence-electron chi connectivity index (χ4n) is 1.43. The maximum Gasteiger partial charge on any atom is 0.161 e. The Hall–Kier alpha value is -0.410. The Morgan fingerprint density at radius 1 is 1.42 bits per heavy atom. The SMILES string of the molecule is CC(C)C(CC=O)C1OCCO1. The maximum atomic E-state index is 10.4. The Labute approximate surface area is 73.0 Å². The highest BCUT2D eigenvalue weighted by Gasteiger charge is 2.28. The largest absolute Gasteiger partial charge is 0.350 e. The molecule has 1 unspecified atom stereocenters. The molecule has 1 fully saturated rings. The zero-order valence-corrected chi connectivity index (χ0v) is 7.66. The van der Waals surface area contributed by atoms with Crippen LogP contribution in [0.4, 0.5) is 0 Å². The van der Waals surface area contributed by atoms with Crippen LogP contribution in [0.25, 0.3) is 0 Å². The Kier molecular flexibility index (Phi) is 3.69. The van der Waals surface area contributed by atoms with Crippen molar-refractivity contribution < 1.29 is 14.3 Å². The second-order valence-corrected chi connectivity index (χ2v) is 3.42. The number of hydrogen-bond acceptors (Lipinski definition) is 3. The Morgan fingerprint density at radius 3 is 2.42 bits per heavy atom. The van der Waals surface area contributed by atoms with Crippen LogP contribution in [0.2, 0.25) is 0 Å². The Morgan fingerprint density at radius 2 is 2.00 bits per heavy atom. The summed E-state index contributed by atoms with van der Waals surface area (Å²) in [5.41, 5.74) is 0. The van der Waals surface area contributed by atoms with Crippen LogP contribution in [0.3, 0.4) is 0 Å². The molecule has 0 amide bonds. The fraction of sp³-hybridized carbons (Fsp3) is 0.889. The van der Waals surface area contributed by atoms with Gasteiger partial charge in [-0.15, -0.1) is 0 Å². The van der Waals surface area contributed by atoms with Crippen molar-refractivity contribution in [3.8, 4) is 0 Å². The minimum absolute atomic E-state index is 0.157. The van der Waals surface area contributed by atoms with E-state index in [1.807, 2.05) is 0 Å². The highest BCUT2D eigenvalue weighted by Crippen LogP contribution is 2.24. The highest BCUT2D eigenvalue weighted by molar-refractivity contribution is 5.49. The molecule has 1 atom stereocenters. The van der Waals surface area contributed by atoms with Gasteiger partial charge in [-0.3, -0.25) is 0 Å². The normalized spacial score (nSPS) is 21.6. The van der Waals surface area contributed by atoms with Crippen LogP contribution in [0.5, 0.6) is 0 Å². The Balaban J connectivity index is 2.45. The monoisotopic (exact) mass is 172 g/mol. The summed E-state index contributed by atoms with van der Waals surface area (Å²) in [5, 5.41) is 0. The van der Waals surface area contributed by atoms with Gasteiger partial charge in [-0.2, -0.15) is 0 Å². The van der Waals surface area contributed by atoms with Gasteiger partial charge in [0.15, 0.2) is 6.29 Å². The van der Waals surface area contributed by atoms with Crippen LogP contribution in [0.1, 0.15) is 20.3 Å². The summed E-state index contributed by atoms with van der Waals surface area (Å²) in [6, 6.07) is 0. The maximum absolute atomic E-state index is 10.4. The molecule has 12 heavy (non-hydrogen) atoms. The second kappa shape index (κ2) is 4.58. The van der Waals surface area contributed by atoms with Crippen molar-refractivity contribution in [1.29, 1.82) is 0 Å².